The van der Waals surface area contributed by atoms with E-state index >= 15 is 0 Å². The molecule has 2 aromatic rings. The maximum absolute atomic E-state index is 12.0. The van der Waals surface area contributed by atoms with Gasteiger partial charge in [0, 0.05) is 17.5 Å². The average Bonchev–Trinajstić information content (AvgIpc) is 2.51. The van der Waals surface area contributed by atoms with Gasteiger partial charge >= 0.3 is 0 Å². The molecule has 4 nitrogen and oxygen atoms in total. The van der Waals surface area contributed by atoms with Gasteiger partial charge in [0.2, 0.25) is 0 Å². The van der Waals surface area contributed by atoms with Crippen molar-refractivity contribution in [3.05, 3.63) is 53.6 Å². The van der Waals surface area contributed by atoms with Crippen molar-refractivity contribution < 1.29 is 19.7 Å². The zero-order valence-electron chi connectivity index (χ0n) is 11.9. The van der Waals surface area contributed by atoms with Crippen LogP contribution in [0.1, 0.15) is 28.8 Å². The predicted octanol–water partition coefficient (Wildman–Crippen LogP) is 3.31. The monoisotopic (exact) mass is 286 g/mol. The highest BCUT2D eigenvalue weighted by atomic mass is 16.5. The predicted molar refractivity (Wildman–Crippen MR) is 80.0 cm³/mol. The van der Waals surface area contributed by atoms with E-state index in [-0.39, 0.29) is 17.3 Å². The number of phenolic OH excluding ortho intramolecular Hbond substituents is 2. The number of benzene rings is 2. The molecule has 0 radical (unpaired) electrons. The number of ketones is 1. The van der Waals surface area contributed by atoms with Crippen LogP contribution >= 0.6 is 0 Å². The molecular formula is C17H18O4. The smallest absolute Gasteiger partial charge is 0.164 e. The van der Waals surface area contributed by atoms with E-state index in [9.17, 15) is 15.0 Å². The van der Waals surface area contributed by atoms with E-state index in [1.807, 2.05) is 18.2 Å². The van der Waals surface area contributed by atoms with E-state index in [1.54, 1.807) is 12.1 Å². The maximum Gasteiger partial charge on any atom is 0.164 e. The molecular weight excluding hydrogens is 268 g/mol. The number of carbonyl (C=O) groups is 1. The zero-order chi connectivity index (χ0) is 15.2. The third kappa shape index (κ3) is 3.54. The van der Waals surface area contributed by atoms with Gasteiger partial charge in [0.05, 0.1) is 7.11 Å². The van der Waals surface area contributed by atoms with Crippen molar-refractivity contribution in [3.8, 4) is 17.2 Å². The van der Waals surface area contributed by atoms with Crippen molar-refractivity contribution in [2.24, 2.45) is 0 Å². The molecule has 0 unspecified atom stereocenters. The molecule has 0 aromatic heterocycles. The van der Waals surface area contributed by atoms with E-state index in [2.05, 4.69) is 0 Å². The number of phenols is 2. The summed E-state index contributed by atoms with van der Waals surface area (Å²) in [7, 11) is 1.45. The van der Waals surface area contributed by atoms with Gasteiger partial charge in [-0.25, -0.2) is 0 Å². The minimum Gasteiger partial charge on any atom is -0.508 e. The van der Waals surface area contributed by atoms with Crippen molar-refractivity contribution in [1.82, 2.24) is 0 Å². The lowest BCUT2D eigenvalue weighted by molar-refractivity contribution is 0.0980. The first-order valence-corrected chi connectivity index (χ1v) is 6.79. The highest BCUT2D eigenvalue weighted by Gasteiger charge is 2.13. The molecule has 0 amide bonds. The summed E-state index contributed by atoms with van der Waals surface area (Å²) < 4.78 is 5.01. The number of Topliss-reactive ketones (excluding diaryl/α,β-unsaturated/α-hetero) is 1. The number of hydrogen-bond donors (Lipinski definition) is 2. The lowest BCUT2D eigenvalue weighted by Gasteiger charge is -2.10. The minimum absolute atomic E-state index is 0.0143. The Kier molecular flexibility index (Phi) is 4.82. The zero-order valence-corrected chi connectivity index (χ0v) is 11.9. The standard InChI is InChI=1S/C17H18O4/c1-21-16-11-10-15(19)13(17(16)20)8-5-9-14(18)12-6-3-2-4-7-12/h2-4,6-7,10-11,19-20H,5,8-9H2,1H3. The summed E-state index contributed by atoms with van der Waals surface area (Å²) in [4.78, 5) is 12.0. The largest absolute Gasteiger partial charge is 0.508 e. The molecule has 2 N–H and O–H groups in total. The Morgan fingerprint density at radius 3 is 2.48 bits per heavy atom. The summed E-state index contributed by atoms with van der Waals surface area (Å²) >= 11 is 0. The van der Waals surface area contributed by atoms with E-state index in [0.29, 0.717) is 36.1 Å². The summed E-state index contributed by atoms with van der Waals surface area (Å²) in [6, 6.07) is 12.1. The summed E-state index contributed by atoms with van der Waals surface area (Å²) in [5, 5.41) is 19.8. The molecule has 0 fully saturated rings. The molecule has 0 atom stereocenters. The van der Waals surface area contributed by atoms with Crippen molar-refractivity contribution >= 4 is 5.78 Å². The number of methoxy groups -OCH3 is 1. The van der Waals surface area contributed by atoms with Gasteiger partial charge in [0.1, 0.15) is 5.75 Å². The van der Waals surface area contributed by atoms with Crippen LogP contribution in [0, 0.1) is 0 Å². The summed E-state index contributed by atoms with van der Waals surface area (Å²) in [5.74, 6) is 0.319. The molecule has 0 heterocycles. The van der Waals surface area contributed by atoms with Crippen LogP contribution in [0.4, 0.5) is 0 Å². The topological polar surface area (TPSA) is 66.8 Å². The fourth-order valence-electron chi connectivity index (χ4n) is 2.21. The van der Waals surface area contributed by atoms with Gasteiger partial charge in [-0.2, -0.15) is 0 Å². The van der Waals surface area contributed by atoms with Gasteiger partial charge in [-0.1, -0.05) is 30.3 Å². The van der Waals surface area contributed by atoms with Crippen LogP contribution in [-0.2, 0) is 6.42 Å². The number of aromatic hydroxyl groups is 2. The number of hydrogen-bond acceptors (Lipinski definition) is 4. The Morgan fingerprint density at radius 1 is 1.10 bits per heavy atom. The number of rotatable bonds is 6. The second kappa shape index (κ2) is 6.79. The molecule has 0 saturated heterocycles. The third-order valence-electron chi connectivity index (χ3n) is 3.37. The van der Waals surface area contributed by atoms with Crippen LogP contribution in [0.15, 0.2) is 42.5 Å². The Bertz CT molecular complexity index is 620. The highest BCUT2D eigenvalue weighted by Crippen LogP contribution is 2.36. The third-order valence-corrected chi connectivity index (χ3v) is 3.37. The fraction of sp³-hybridized carbons (Fsp3) is 0.235. The molecule has 110 valence electrons. The van der Waals surface area contributed by atoms with Crippen LogP contribution < -0.4 is 4.74 Å². The molecule has 21 heavy (non-hydrogen) atoms. The molecule has 4 heteroatoms. The molecule has 0 aliphatic rings. The SMILES string of the molecule is COc1ccc(O)c(CCCC(=O)c2ccccc2)c1O. The Labute approximate surface area is 123 Å². The first-order valence-electron chi connectivity index (χ1n) is 6.79. The van der Waals surface area contributed by atoms with E-state index < -0.39 is 0 Å². The Balaban J connectivity index is 1.99. The summed E-state index contributed by atoms with van der Waals surface area (Å²) in [5.41, 5.74) is 1.09. The van der Waals surface area contributed by atoms with Crippen LogP contribution in [0.3, 0.4) is 0 Å². The minimum atomic E-state index is -0.0651. The summed E-state index contributed by atoms with van der Waals surface area (Å²) in [6.45, 7) is 0. The van der Waals surface area contributed by atoms with Crippen molar-refractivity contribution in [2.75, 3.05) is 7.11 Å². The highest BCUT2D eigenvalue weighted by molar-refractivity contribution is 5.95. The normalized spacial score (nSPS) is 10.3. The van der Waals surface area contributed by atoms with Gasteiger partial charge in [0.25, 0.3) is 0 Å². The van der Waals surface area contributed by atoms with Crippen LogP contribution in [0.5, 0.6) is 17.2 Å². The first-order chi connectivity index (χ1) is 10.1. The lowest BCUT2D eigenvalue weighted by Crippen LogP contribution is -2.00. The average molecular weight is 286 g/mol. The van der Waals surface area contributed by atoms with Gasteiger partial charge in [-0.05, 0) is 25.0 Å². The van der Waals surface area contributed by atoms with Crippen molar-refractivity contribution in [1.29, 1.82) is 0 Å². The van der Waals surface area contributed by atoms with Gasteiger partial charge in [0.15, 0.2) is 17.3 Å². The molecule has 0 aliphatic carbocycles. The van der Waals surface area contributed by atoms with Crippen molar-refractivity contribution in [2.45, 2.75) is 19.3 Å². The number of ether oxygens (including phenoxy) is 1. The second-order valence-electron chi connectivity index (χ2n) is 4.76. The van der Waals surface area contributed by atoms with Crippen LogP contribution in [0.25, 0.3) is 0 Å². The van der Waals surface area contributed by atoms with Gasteiger partial charge in [-0.15, -0.1) is 0 Å². The molecule has 0 saturated carbocycles. The van der Waals surface area contributed by atoms with Crippen molar-refractivity contribution in [3.63, 3.8) is 0 Å². The second-order valence-corrected chi connectivity index (χ2v) is 4.76. The Morgan fingerprint density at radius 2 is 1.81 bits per heavy atom. The molecule has 2 rings (SSSR count). The van der Waals surface area contributed by atoms with E-state index in [1.165, 1.54) is 19.2 Å². The van der Waals surface area contributed by atoms with E-state index in [0.717, 1.165) is 0 Å². The lowest BCUT2D eigenvalue weighted by atomic mass is 10.0. The van der Waals surface area contributed by atoms with Gasteiger partial charge in [-0.3, -0.25) is 4.79 Å². The molecule has 2 aromatic carbocycles. The van der Waals surface area contributed by atoms with E-state index in [4.69, 9.17) is 4.74 Å². The summed E-state index contributed by atoms with van der Waals surface area (Å²) in [6.07, 6.45) is 1.32. The number of carbonyl (C=O) groups excluding carboxylic acids is 1. The molecule has 0 aliphatic heterocycles. The van der Waals surface area contributed by atoms with Crippen LogP contribution in [-0.4, -0.2) is 23.1 Å². The fourth-order valence-corrected chi connectivity index (χ4v) is 2.21. The maximum atomic E-state index is 12.0. The molecule has 0 bridgehead atoms. The first kappa shape index (κ1) is 14.9. The Hall–Kier alpha value is -2.49. The quantitative estimate of drug-likeness (QED) is 0.799. The van der Waals surface area contributed by atoms with Gasteiger partial charge < -0.3 is 14.9 Å². The molecule has 0 spiro atoms. The van der Waals surface area contributed by atoms with Crippen LogP contribution in [0.2, 0.25) is 0 Å².